The van der Waals surface area contributed by atoms with Crippen LogP contribution in [-0.2, 0) is 4.79 Å². The second-order valence-corrected chi connectivity index (χ2v) is 5.74. The first-order valence-corrected chi connectivity index (χ1v) is 7.35. The summed E-state index contributed by atoms with van der Waals surface area (Å²) in [5.74, 6) is -0.563. The highest BCUT2D eigenvalue weighted by atomic mass is 35.5. The molecule has 0 spiro atoms. The minimum Gasteiger partial charge on any atom is -0.481 e. The van der Waals surface area contributed by atoms with E-state index in [1.54, 1.807) is 18.2 Å². The number of halogens is 2. The van der Waals surface area contributed by atoms with Gasteiger partial charge in [-0.2, -0.15) is 0 Å². The lowest BCUT2D eigenvalue weighted by molar-refractivity contribution is -0.137. The van der Waals surface area contributed by atoms with Crippen molar-refractivity contribution in [3.63, 3.8) is 0 Å². The Morgan fingerprint density at radius 1 is 1.19 bits per heavy atom. The van der Waals surface area contributed by atoms with Gasteiger partial charge in [0, 0.05) is 28.7 Å². The monoisotopic (exact) mass is 332 g/mol. The molecule has 0 fully saturated rings. The first-order valence-electron chi connectivity index (χ1n) is 6.59. The van der Waals surface area contributed by atoms with E-state index in [0.29, 0.717) is 28.7 Å². The van der Waals surface area contributed by atoms with Gasteiger partial charge in [-0.1, -0.05) is 30.1 Å². The van der Waals surface area contributed by atoms with Gasteiger partial charge in [-0.3, -0.25) is 4.79 Å². The van der Waals surface area contributed by atoms with Crippen LogP contribution in [0.4, 0.5) is 10.5 Å². The molecule has 1 aromatic carbocycles. The van der Waals surface area contributed by atoms with Crippen molar-refractivity contribution in [2.45, 2.75) is 26.2 Å². The van der Waals surface area contributed by atoms with E-state index in [1.165, 1.54) is 0 Å². The molecule has 0 heterocycles. The Hall–Kier alpha value is -1.46. The quantitative estimate of drug-likeness (QED) is 0.705. The fraction of sp³-hybridized carbons (Fsp3) is 0.429. The summed E-state index contributed by atoms with van der Waals surface area (Å²) >= 11 is 11.7. The van der Waals surface area contributed by atoms with Gasteiger partial charge in [-0.25, -0.2) is 4.79 Å². The molecule has 0 bridgehead atoms. The van der Waals surface area contributed by atoms with Crippen LogP contribution in [0.1, 0.15) is 26.2 Å². The number of carbonyl (C=O) groups is 2. The summed E-state index contributed by atoms with van der Waals surface area (Å²) in [5, 5.41) is 14.8. The molecule has 7 heteroatoms. The van der Waals surface area contributed by atoms with Crippen LogP contribution in [0.25, 0.3) is 0 Å². The first-order chi connectivity index (χ1) is 9.86. The Labute approximate surface area is 133 Å². The maximum Gasteiger partial charge on any atom is 0.319 e. The number of nitrogens with one attached hydrogen (secondary N) is 2. The largest absolute Gasteiger partial charge is 0.481 e. The molecule has 5 nitrogen and oxygen atoms in total. The molecule has 2 amide bonds. The summed E-state index contributed by atoms with van der Waals surface area (Å²) in [6.07, 6.45) is 1.47. The summed E-state index contributed by atoms with van der Waals surface area (Å²) in [7, 11) is 0. The van der Waals surface area contributed by atoms with E-state index in [4.69, 9.17) is 28.3 Å². The predicted octanol–water partition coefficient (Wildman–Crippen LogP) is 4.01. The molecule has 0 aromatic heterocycles. The van der Waals surface area contributed by atoms with E-state index in [0.717, 1.165) is 6.42 Å². The average Bonchev–Trinajstić information content (AvgIpc) is 2.34. The van der Waals surface area contributed by atoms with Crippen LogP contribution in [0.3, 0.4) is 0 Å². The van der Waals surface area contributed by atoms with Crippen LogP contribution in [0.5, 0.6) is 0 Å². The number of carboxylic acid groups (broad SMARTS) is 1. The van der Waals surface area contributed by atoms with Gasteiger partial charge >= 0.3 is 12.0 Å². The molecule has 0 radical (unpaired) electrons. The van der Waals surface area contributed by atoms with Crippen molar-refractivity contribution in [2.24, 2.45) is 5.92 Å². The number of rotatable bonds is 7. The van der Waals surface area contributed by atoms with Crippen LogP contribution in [0.15, 0.2) is 18.2 Å². The van der Waals surface area contributed by atoms with Crippen LogP contribution in [0, 0.1) is 5.92 Å². The zero-order chi connectivity index (χ0) is 15.8. The number of amides is 2. The van der Waals surface area contributed by atoms with E-state index in [1.807, 2.05) is 6.92 Å². The van der Waals surface area contributed by atoms with Crippen LogP contribution in [-0.4, -0.2) is 23.7 Å². The van der Waals surface area contributed by atoms with Crippen LogP contribution >= 0.6 is 23.2 Å². The van der Waals surface area contributed by atoms with Gasteiger partial charge in [-0.05, 0) is 37.0 Å². The second-order valence-electron chi connectivity index (χ2n) is 4.87. The Morgan fingerprint density at radius 2 is 1.81 bits per heavy atom. The van der Waals surface area contributed by atoms with Gasteiger partial charge in [0.15, 0.2) is 0 Å². The SMILES string of the molecule is CC(CCNC(=O)Nc1cc(Cl)cc(Cl)c1)CCC(=O)O. The normalized spacial score (nSPS) is 11.8. The number of benzene rings is 1. The number of hydrogen-bond donors (Lipinski definition) is 3. The molecular weight excluding hydrogens is 315 g/mol. The van der Waals surface area contributed by atoms with Crippen molar-refractivity contribution in [3.05, 3.63) is 28.2 Å². The Kier molecular flexibility index (Phi) is 7.32. The molecule has 1 rings (SSSR count). The highest BCUT2D eigenvalue weighted by Gasteiger charge is 2.07. The number of carbonyl (C=O) groups excluding carboxylic acids is 1. The van der Waals surface area contributed by atoms with Gasteiger partial charge in [0.1, 0.15) is 0 Å². The van der Waals surface area contributed by atoms with Crippen LogP contribution < -0.4 is 10.6 Å². The zero-order valence-electron chi connectivity index (χ0n) is 11.7. The molecule has 0 aliphatic carbocycles. The maximum absolute atomic E-state index is 11.7. The fourth-order valence-electron chi connectivity index (χ4n) is 1.75. The molecule has 0 saturated heterocycles. The smallest absolute Gasteiger partial charge is 0.319 e. The highest BCUT2D eigenvalue weighted by Crippen LogP contribution is 2.22. The average molecular weight is 333 g/mol. The van der Waals surface area contributed by atoms with E-state index < -0.39 is 5.97 Å². The maximum atomic E-state index is 11.7. The summed E-state index contributed by atoms with van der Waals surface area (Å²) in [4.78, 5) is 22.1. The lowest BCUT2D eigenvalue weighted by Gasteiger charge is -2.12. The van der Waals surface area contributed by atoms with Gasteiger partial charge in [0.05, 0.1) is 0 Å². The molecule has 0 aliphatic rings. The van der Waals surface area contributed by atoms with E-state index in [2.05, 4.69) is 10.6 Å². The minimum absolute atomic E-state index is 0.147. The van der Waals surface area contributed by atoms with Crippen molar-refractivity contribution in [2.75, 3.05) is 11.9 Å². The predicted molar refractivity (Wildman–Crippen MR) is 84.1 cm³/mol. The zero-order valence-corrected chi connectivity index (χ0v) is 13.2. The minimum atomic E-state index is -0.801. The van der Waals surface area contributed by atoms with Crippen molar-refractivity contribution in [1.82, 2.24) is 5.32 Å². The van der Waals surface area contributed by atoms with E-state index in [-0.39, 0.29) is 18.4 Å². The Bertz CT molecular complexity index is 489. The first kappa shape index (κ1) is 17.6. The number of urea groups is 1. The molecule has 1 aromatic rings. The van der Waals surface area contributed by atoms with Crippen molar-refractivity contribution in [1.29, 1.82) is 0 Å². The number of hydrogen-bond acceptors (Lipinski definition) is 2. The molecule has 0 saturated carbocycles. The number of carboxylic acids is 1. The Balaban J connectivity index is 2.29. The summed E-state index contributed by atoms with van der Waals surface area (Å²) < 4.78 is 0. The van der Waals surface area contributed by atoms with Gasteiger partial charge in [-0.15, -0.1) is 0 Å². The van der Waals surface area contributed by atoms with Crippen LogP contribution in [0.2, 0.25) is 10.0 Å². The number of anilines is 1. The van der Waals surface area contributed by atoms with Crippen molar-refractivity contribution in [3.8, 4) is 0 Å². The van der Waals surface area contributed by atoms with Gasteiger partial charge in [0.25, 0.3) is 0 Å². The lowest BCUT2D eigenvalue weighted by atomic mass is 10.0. The Morgan fingerprint density at radius 3 is 2.38 bits per heavy atom. The molecule has 3 N–H and O–H groups in total. The van der Waals surface area contributed by atoms with E-state index in [9.17, 15) is 9.59 Å². The third kappa shape index (κ3) is 7.78. The molecule has 116 valence electrons. The molecule has 0 aliphatic heterocycles. The highest BCUT2D eigenvalue weighted by molar-refractivity contribution is 6.35. The molecule has 21 heavy (non-hydrogen) atoms. The molecular formula is C14H18Cl2N2O3. The topological polar surface area (TPSA) is 78.4 Å². The van der Waals surface area contributed by atoms with Crippen molar-refractivity contribution >= 4 is 40.9 Å². The molecule has 1 atom stereocenters. The summed E-state index contributed by atoms with van der Waals surface area (Å²) in [6, 6.07) is 4.43. The third-order valence-electron chi connectivity index (χ3n) is 2.89. The van der Waals surface area contributed by atoms with Crippen molar-refractivity contribution < 1.29 is 14.7 Å². The lowest BCUT2D eigenvalue weighted by Crippen LogP contribution is -2.30. The standard InChI is InChI=1S/C14H18Cl2N2O3/c1-9(2-3-13(19)20)4-5-17-14(21)18-12-7-10(15)6-11(16)8-12/h6-9H,2-5H2,1H3,(H,19,20)(H2,17,18,21). The van der Waals surface area contributed by atoms with Gasteiger partial charge in [0.2, 0.25) is 0 Å². The van der Waals surface area contributed by atoms with E-state index >= 15 is 0 Å². The summed E-state index contributed by atoms with van der Waals surface area (Å²) in [6.45, 7) is 2.43. The number of aliphatic carboxylic acids is 1. The second kappa shape index (κ2) is 8.74. The molecule has 1 unspecified atom stereocenters. The van der Waals surface area contributed by atoms with Gasteiger partial charge < -0.3 is 15.7 Å². The summed E-state index contributed by atoms with van der Waals surface area (Å²) in [5.41, 5.74) is 0.518. The fourth-order valence-corrected chi connectivity index (χ4v) is 2.27. The third-order valence-corrected chi connectivity index (χ3v) is 3.33.